The van der Waals surface area contributed by atoms with Crippen molar-refractivity contribution >= 4 is 11.8 Å². The number of carbonyl (C=O) groups excluding carboxylic acids is 2. The lowest BCUT2D eigenvalue weighted by Gasteiger charge is -2.38. The van der Waals surface area contributed by atoms with Crippen LogP contribution in [0.25, 0.3) is 0 Å². The van der Waals surface area contributed by atoms with Gasteiger partial charge in [-0.25, -0.2) is 9.97 Å². The Morgan fingerprint density at radius 1 is 1.22 bits per heavy atom. The molecule has 2 aromatic rings. The molecule has 1 fully saturated rings. The average Bonchev–Trinajstić information content (AvgIpc) is 2.79. The molecule has 0 aliphatic carbocycles. The molecule has 2 heterocycles. The lowest BCUT2D eigenvalue weighted by molar-refractivity contribution is -0.127. The summed E-state index contributed by atoms with van der Waals surface area (Å²) in [5.41, 5.74) is 2.66. The number of piperazine rings is 1. The highest BCUT2D eigenvalue weighted by molar-refractivity contribution is 5.94. The van der Waals surface area contributed by atoms with E-state index in [9.17, 15) is 9.59 Å². The molecule has 1 atom stereocenters. The number of likely N-dealkylation sites (N-methyl/N-ethyl adjacent to an activating group) is 1. The summed E-state index contributed by atoms with van der Waals surface area (Å²) in [5.74, 6) is 1.57. The molecule has 8 nitrogen and oxygen atoms in total. The number of nitrogens with one attached hydrogen (secondary N) is 1. The Balaban J connectivity index is 1.56. The first kappa shape index (κ1) is 23.7. The fourth-order valence-corrected chi connectivity index (χ4v) is 3.81. The molecular formula is C24H33N5O3. The van der Waals surface area contributed by atoms with Gasteiger partial charge in [0.25, 0.3) is 5.91 Å². The second kappa shape index (κ2) is 10.5. The fraction of sp³-hybridized carbons (Fsp3) is 0.500. The summed E-state index contributed by atoms with van der Waals surface area (Å²) in [6.07, 6.45) is 3.89. The lowest BCUT2D eigenvalue weighted by atomic mass is 10.1. The lowest BCUT2D eigenvalue weighted by Crippen LogP contribution is -2.58. The summed E-state index contributed by atoms with van der Waals surface area (Å²) in [6.45, 7) is 8.10. The Morgan fingerprint density at radius 2 is 1.94 bits per heavy atom. The van der Waals surface area contributed by atoms with E-state index in [2.05, 4.69) is 21.4 Å². The van der Waals surface area contributed by atoms with E-state index < -0.39 is 0 Å². The highest BCUT2D eigenvalue weighted by Gasteiger charge is 2.32. The SMILES string of the molecule is COc1ccc(CCNC(=O)[C@@H]2CN(C(=O)c3cnc(C(C)C)nc3)CCN2C)cc1C. The first-order valence-corrected chi connectivity index (χ1v) is 11.0. The molecule has 1 aromatic heterocycles. The normalized spacial score (nSPS) is 16.8. The topological polar surface area (TPSA) is 87.7 Å². The monoisotopic (exact) mass is 439 g/mol. The highest BCUT2D eigenvalue weighted by atomic mass is 16.5. The minimum atomic E-state index is -0.388. The molecular weight excluding hydrogens is 406 g/mol. The number of aromatic nitrogens is 2. The zero-order valence-electron chi connectivity index (χ0n) is 19.6. The number of hydrogen-bond donors (Lipinski definition) is 1. The maximum atomic E-state index is 12.9. The van der Waals surface area contributed by atoms with E-state index in [1.807, 2.05) is 44.9 Å². The zero-order valence-corrected chi connectivity index (χ0v) is 19.6. The summed E-state index contributed by atoms with van der Waals surface area (Å²) < 4.78 is 5.30. The number of rotatable bonds is 7. The maximum absolute atomic E-state index is 12.9. The Labute approximate surface area is 190 Å². The number of ether oxygens (including phenoxy) is 1. The van der Waals surface area contributed by atoms with Gasteiger partial charge in [0.2, 0.25) is 5.91 Å². The van der Waals surface area contributed by atoms with E-state index in [0.29, 0.717) is 37.6 Å². The van der Waals surface area contributed by atoms with Crippen LogP contribution in [-0.4, -0.2) is 78.0 Å². The van der Waals surface area contributed by atoms with Crippen LogP contribution in [0.5, 0.6) is 5.75 Å². The van der Waals surface area contributed by atoms with Gasteiger partial charge in [0.05, 0.1) is 12.7 Å². The first-order chi connectivity index (χ1) is 15.3. The van der Waals surface area contributed by atoms with Gasteiger partial charge in [-0.15, -0.1) is 0 Å². The van der Waals surface area contributed by atoms with Gasteiger partial charge in [0, 0.05) is 44.5 Å². The van der Waals surface area contributed by atoms with E-state index in [0.717, 1.165) is 23.3 Å². The Bertz CT molecular complexity index is 945. The Hall–Kier alpha value is -3.00. The van der Waals surface area contributed by atoms with Crippen LogP contribution in [0, 0.1) is 6.92 Å². The maximum Gasteiger partial charge on any atom is 0.257 e. The van der Waals surface area contributed by atoms with E-state index in [1.54, 1.807) is 24.4 Å². The smallest absolute Gasteiger partial charge is 0.257 e. The number of methoxy groups -OCH3 is 1. The van der Waals surface area contributed by atoms with Crippen LogP contribution >= 0.6 is 0 Å². The summed E-state index contributed by atoms with van der Waals surface area (Å²) in [4.78, 5) is 38.1. The van der Waals surface area contributed by atoms with Gasteiger partial charge in [-0.2, -0.15) is 0 Å². The standard InChI is InChI=1S/C24H33N5O3/c1-16(2)22-26-13-19(14-27-22)24(31)29-11-10-28(4)20(15-29)23(30)25-9-8-18-6-7-21(32-5)17(3)12-18/h6-7,12-14,16,20H,8-11,15H2,1-5H3,(H,25,30)/t20-/m0/s1. The molecule has 172 valence electrons. The molecule has 0 spiro atoms. The van der Waals surface area contributed by atoms with Crippen molar-refractivity contribution in [2.24, 2.45) is 0 Å². The van der Waals surface area contributed by atoms with Gasteiger partial charge in [-0.05, 0) is 37.6 Å². The summed E-state index contributed by atoms with van der Waals surface area (Å²) in [5, 5.41) is 3.02. The summed E-state index contributed by atoms with van der Waals surface area (Å²) in [7, 11) is 3.57. The number of aryl methyl sites for hydroxylation is 1. The third kappa shape index (κ3) is 5.62. The predicted molar refractivity (Wildman–Crippen MR) is 123 cm³/mol. The molecule has 1 aliphatic rings. The van der Waals surface area contributed by atoms with Gasteiger partial charge >= 0.3 is 0 Å². The fourth-order valence-electron chi connectivity index (χ4n) is 3.81. The molecule has 0 radical (unpaired) electrons. The van der Waals surface area contributed by atoms with Crippen molar-refractivity contribution in [2.45, 2.75) is 39.2 Å². The third-order valence-corrected chi connectivity index (χ3v) is 5.85. The number of amides is 2. The molecule has 1 aliphatic heterocycles. The molecule has 0 unspecified atom stereocenters. The molecule has 32 heavy (non-hydrogen) atoms. The van der Waals surface area contributed by atoms with Crippen molar-refractivity contribution in [2.75, 3.05) is 40.3 Å². The van der Waals surface area contributed by atoms with Crippen molar-refractivity contribution in [1.29, 1.82) is 0 Å². The van der Waals surface area contributed by atoms with Crippen LogP contribution < -0.4 is 10.1 Å². The molecule has 1 N–H and O–H groups in total. The van der Waals surface area contributed by atoms with Crippen LogP contribution in [0.2, 0.25) is 0 Å². The predicted octanol–water partition coefficient (Wildman–Crippen LogP) is 2.03. The van der Waals surface area contributed by atoms with Crippen molar-refractivity contribution < 1.29 is 14.3 Å². The van der Waals surface area contributed by atoms with Crippen molar-refractivity contribution in [3.8, 4) is 5.75 Å². The molecule has 0 saturated carbocycles. The average molecular weight is 440 g/mol. The number of nitrogens with zero attached hydrogens (tertiary/aromatic N) is 4. The van der Waals surface area contributed by atoms with Gasteiger partial charge < -0.3 is 15.0 Å². The number of hydrogen-bond acceptors (Lipinski definition) is 6. The van der Waals surface area contributed by atoms with Crippen LogP contribution in [0.3, 0.4) is 0 Å². The second-order valence-corrected chi connectivity index (χ2v) is 8.58. The highest BCUT2D eigenvalue weighted by Crippen LogP contribution is 2.18. The van der Waals surface area contributed by atoms with Crippen molar-refractivity contribution in [3.63, 3.8) is 0 Å². The summed E-state index contributed by atoms with van der Waals surface area (Å²) in [6, 6.07) is 5.64. The number of benzene rings is 1. The van der Waals surface area contributed by atoms with E-state index in [-0.39, 0.29) is 23.8 Å². The minimum Gasteiger partial charge on any atom is -0.496 e. The molecule has 8 heteroatoms. The van der Waals surface area contributed by atoms with Crippen LogP contribution in [0.15, 0.2) is 30.6 Å². The largest absolute Gasteiger partial charge is 0.496 e. The number of carbonyl (C=O) groups is 2. The second-order valence-electron chi connectivity index (χ2n) is 8.58. The third-order valence-electron chi connectivity index (χ3n) is 5.85. The zero-order chi connectivity index (χ0) is 23.3. The van der Waals surface area contributed by atoms with Gasteiger partial charge in [-0.1, -0.05) is 26.0 Å². The molecule has 1 aromatic carbocycles. The van der Waals surface area contributed by atoms with E-state index in [4.69, 9.17) is 4.74 Å². The summed E-state index contributed by atoms with van der Waals surface area (Å²) >= 11 is 0. The van der Waals surface area contributed by atoms with Crippen LogP contribution in [0.4, 0.5) is 0 Å². The quantitative estimate of drug-likeness (QED) is 0.710. The molecule has 0 bridgehead atoms. The van der Waals surface area contributed by atoms with E-state index in [1.165, 1.54) is 0 Å². The van der Waals surface area contributed by atoms with Crippen molar-refractivity contribution in [1.82, 2.24) is 25.1 Å². The molecule has 2 amide bonds. The van der Waals surface area contributed by atoms with Gasteiger partial charge in [0.1, 0.15) is 17.6 Å². The van der Waals surface area contributed by atoms with Crippen molar-refractivity contribution in [3.05, 3.63) is 53.1 Å². The van der Waals surface area contributed by atoms with Crippen LogP contribution in [-0.2, 0) is 11.2 Å². The van der Waals surface area contributed by atoms with Gasteiger partial charge in [0.15, 0.2) is 0 Å². The van der Waals surface area contributed by atoms with Crippen LogP contribution in [0.1, 0.15) is 47.1 Å². The Morgan fingerprint density at radius 3 is 2.56 bits per heavy atom. The molecule has 1 saturated heterocycles. The first-order valence-electron chi connectivity index (χ1n) is 11.0. The van der Waals surface area contributed by atoms with Gasteiger partial charge in [-0.3, -0.25) is 14.5 Å². The minimum absolute atomic E-state index is 0.0679. The Kier molecular flexibility index (Phi) is 7.80. The van der Waals surface area contributed by atoms with E-state index >= 15 is 0 Å². The molecule has 3 rings (SSSR count).